The van der Waals surface area contributed by atoms with Crippen LogP contribution in [0.15, 0.2) is 70.4 Å². The van der Waals surface area contributed by atoms with Gasteiger partial charge in [0.1, 0.15) is 17.4 Å². The number of benzene rings is 2. The minimum Gasteiger partial charge on any atom is -0.492 e. The quantitative estimate of drug-likeness (QED) is 0.419. The molecule has 0 radical (unpaired) electrons. The van der Waals surface area contributed by atoms with E-state index in [1.807, 2.05) is 43.5 Å². The van der Waals surface area contributed by atoms with Gasteiger partial charge in [0.05, 0.1) is 12.1 Å². The van der Waals surface area contributed by atoms with Crippen molar-refractivity contribution in [3.8, 4) is 5.75 Å². The highest BCUT2D eigenvalue weighted by atomic mass is 32.2. The van der Waals surface area contributed by atoms with Gasteiger partial charge in [-0.25, -0.2) is 0 Å². The lowest BCUT2D eigenvalue weighted by Crippen LogP contribution is -2.35. The summed E-state index contributed by atoms with van der Waals surface area (Å²) in [5, 5.41) is 16.8. The molecule has 5 rings (SSSR count). The first kappa shape index (κ1) is 24.1. The van der Waals surface area contributed by atoms with Crippen molar-refractivity contribution in [3.63, 3.8) is 0 Å². The maximum atomic E-state index is 12.8. The van der Waals surface area contributed by atoms with E-state index in [1.54, 1.807) is 6.08 Å². The van der Waals surface area contributed by atoms with Crippen LogP contribution in [-0.4, -0.2) is 38.1 Å². The zero-order valence-corrected chi connectivity index (χ0v) is 21.7. The number of hydrogen-bond acceptors (Lipinski definition) is 5. The van der Waals surface area contributed by atoms with Crippen LogP contribution in [0.4, 0.5) is 0 Å². The molecule has 36 heavy (non-hydrogen) atoms. The Labute approximate surface area is 215 Å². The number of carbonyl (C=O) groups is 1. The molecule has 0 aliphatic carbocycles. The molecule has 0 fully saturated rings. The summed E-state index contributed by atoms with van der Waals surface area (Å²) in [4.78, 5) is 17.0. The number of aromatic nitrogens is 1. The van der Waals surface area contributed by atoms with Gasteiger partial charge in [0, 0.05) is 22.7 Å². The molecule has 1 aromatic heterocycles. The van der Waals surface area contributed by atoms with Gasteiger partial charge in [-0.2, -0.15) is 15.1 Å². The normalized spacial score (nSPS) is 17.0. The van der Waals surface area contributed by atoms with Crippen LogP contribution in [0.25, 0.3) is 17.0 Å². The van der Waals surface area contributed by atoms with Crippen LogP contribution >= 0.6 is 11.8 Å². The topological polar surface area (TPSA) is 83.0 Å². The molecule has 0 saturated heterocycles. The second-order valence-corrected chi connectivity index (χ2v) is 10.8. The highest BCUT2D eigenvalue weighted by Gasteiger charge is 2.35. The monoisotopic (exact) mass is 499 g/mol. The molecule has 1 amide bonds. The van der Waals surface area contributed by atoms with Crippen molar-refractivity contribution in [3.05, 3.63) is 71.4 Å². The van der Waals surface area contributed by atoms with Gasteiger partial charge in [0.2, 0.25) is 5.17 Å². The zero-order chi connectivity index (χ0) is 25.4. The zero-order valence-electron chi connectivity index (χ0n) is 20.9. The SMILES string of the molecule is CCC1=NN2C(=N)C(=Cc3cn(CCOc4ccc(C(C)(C)C)cc4)c4ccccc34)C(=O)N=C2S1. The molecule has 1 N–H and O–H groups in total. The van der Waals surface area contributed by atoms with Crippen LogP contribution in [0.2, 0.25) is 0 Å². The van der Waals surface area contributed by atoms with Gasteiger partial charge < -0.3 is 9.30 Å². The lowest BCUT2D eigenvalue weighted by Gasteiger charge is -2.20. The maximum absolute atomic E-state index is 12.8. The van der Waals surface area contributed by atoms with Crippen molar-refractivity contribution < 1.29 is 9.53 Å². The number of aliphatic imine (C=N–C) groups is 1. The summed E-state index contributed by atoms with van der Waals surface area (Å²) in [6.45, 7) is 9.73. The Morgan fingerprint density at radius 1 is 1.11 bits per heavy atom. The minimum atomic E-state index is -0.412. The number of amides is 1. The van der Waals surface area contributed by atoms with E-state index in [0.29, 0.717) is 18.3 Å². The van der Waals surface area contributed by atoms with Crippen molar-refractivity contribution in [1.29, 1.82) is 5.41 Å². The summed E-state index contributed by atoms with van der Waals surface area (Å²) in [5.41, 5.74) is 3.51. The van der Waals surface area contributed by atoms with Crippen LogP contribution in [0, 0.1) is 5.41 Å². The van der Waals surface area contributed by atoms with Crippen molar-refractivity contribution in [2.24, 2.45) is 10.1 Å². The van der Waals surface area contributed by atoms with Gasteiger partial charge in [-0.1, -0.05) is 58.0 Å². The van der Waals surface area contributed by atoms with Crippen molar-refractivity contribution in [1.82, 2.24) is 9.58 Å². The maximum Gasteiger partial charge on any atom is 0.283 e. The first-order valence-corrected chi connectivity index (χ1v) is 12.9. The molecule has 184 valence electrons. The third kappa shape index (κ3) is 4.60. The second kappa shape index (κ2) is 9.43. The number of nitrogens with zero attached hydrogens (tertiary/aromatic N) is 4. The van der Waals surface area contributed by atoms with Gasteiger partial charge in [-0.3, -0.25) is 10.2 Å². The number of hydrazone groups is 1. The molecule has 3 heterocycles. The third-order valence-electron chi connectivity index (χ3n) is 6.24. The molecule has 0 spiro atoms. The fourth-order valence-electron chi connectivity index (χ4n) is 4.22. The van der Waals surface area contributed by atoms with E-state index in [4.69, 9.17) is 10.1 Å². The third-order valence-corrected chi connectivity index (χ3v) is 7.29. The van der Waals surface area contributed by atoms with Gasteiger partial charge in [0.15, 0.2) is 5.84 Å². The predicted octanol–water partition coefficient (Wildman–Crippen LogP) is 6.05. The van der Waals surface area contributed by atoms with E-state index >= 15 is 0 Å². The molecular formula is C28H29N5O2S. The van der Waals surface area contributed by atoms with E-state index in [-0.39, 0.29) is 16.8 Å². The molecule has 0 unspecified atom stereocenters. The van der Waals surface area contributed by atoms with E-state index in [9.17, 15) is 4.79 Å². The van der Waals surface area contributed by atoms with Gasteiger partial charge in [-0.15, -0.1) is 0 Å². The largest absolute Gasteiger partial charge is 0.492 e. The van der Waals surface area contributed by atoms with E-state index < -0.39 is 5.91 Å². The molecular weight excluding hydrogens is 470 g/mol. The molecule has 2 aliphatic rings. The number of ether oxygens (including phenoxy) is 1. The summed E-state index contributed by atoms with van der Waals surface area (Å²) in [7, 11) is 0. The Morgan fingerprint density at radius 3 is 2.58 bits per heavy atom. The van der Waals surface area contributed by atoms with Crippen molar-refractivity contribution in [2.75, 3.05) is 6.61 Å². The Balaban J connectivity index is 1.37. The fourth-order valence-corrected chi connectivity index (χ4v) is 5.04. The first-order valence-electron chi connectivity index (χ1n) is 12.0. The highest BCUT2D eigenvalue weighted by molar-refractivity contribution is 8.26. The van der Waals surface area contributed by atoms with E-state index in [0.717, 1.165) is 33.7 Å². The molecule has 3 aromatic rings. The number of amidine groups is 2. The summed E-state index contributed by atoms with van der Waals surface area (Å²) in [6, 6.07) is 16.3. The highest BCUT2D eigenvalue weighted by Crippen LogP contribution is 2.31. The Morgan fingerprint density at radius 2 is 1.86 bits per heavy atom. The summed E-state index contributed by atoms with van der Waals surface area (Å²) < 4.78 is 8.14. The standard InChI is InChI=1S/C28H29N5O2S/c1-5-24-31-33-25(29)22(26(34)30-27(33)36-24)16-18-17-32(23-9-7-6-8-21(18)23)14-15-35-20-12-10-19(11-13-20)28(2,3)4/h6-13,16-17,29H,5,14-15H2,1-4H3. The van der Waals surface area contributed by atoms with Crippen LogP contribution in [-0.2, 0) is 16.8 Å². The number of rotatable bonds is 6. The second-order valence-electron chi connectivity index (χ2n) is 9.79. The molecule has 0 atom stereocenters. The van der Waals surface area contributed by atoms with Crippen LogP contribution in [0.5, 0.6) is 5.75 Å². The molecule has 0 saturated carbocycles. The number of fused-ring (bicyclic) bond motifs is 2. The summed E-state index contributed by atoms with van der Waals surface area (Å²) in [6.07, 6.45) is 4.49. The van der Waals surface area contributed by atoms with Gasteiger partial charge in [0.25, 0.3) is 5.91 Å². The van der Waals surface area contributed by atoms with Crippen molar-refractivity contribution >= 4 is 50.7 Å². The summed E-state index contributed by atoms with van der Waals surface area (Å²) >= 11 is 1.35. The first-order chi connectivity index (χ1) is 17.2. The molecule has 7 nitrogen and oxygen atoms in total. The van der Waals surface area contributed by atoms with Crippen molar-refractivity contribution in [2.45, 2.75) is 46.1 Å². The fraction of sp³-hybridized carbons (Fsp3) is 0.286. The Bertz CT molecular complexity index is 1440. The van der Waals surface area contributed by atoms with Crippen LogP contribution in [0.1, 0.15) is 45.2 Å². The lowest BCUT2D eigenvalue weighted by molar-refractivity contribution is -0.114. The smallest absolute Gasteiger partial charge is 0.283 e. The van der Waals surface area contributed by atoms with Gasteiger partial charge in [-0.05, 0) is 53.4 Å². The minimum absolute atomic E-state index is 0.0554. The van der Waals surface area contributed by atoms with Crippen LogP contribution in [0.3, 0.4) is 0 Å². The molecule has 0 bridgehead atoms. The molecule has 2 aromatic carbocycles. The number of nitrogens with one attached hydrogen (secondary N) is 1. The summed E-state index contributed by atoms with van der Waals surface area (Å²) in [5.74, 6) is 0.484. The lowest BCUT2D eigenvalue weighted by atomic mass is 9.87. The average molecular weight is 500 g/mol. The number of carbonyl (C=O) groups excluding carboxylic acids is 1. The van der Waals surface area contributed by atoms with E-state index in [1.165, 1.54) is 22.3 Å². The number of thioether (sulfide) groups is 1. The van der Waals surface area contributed by atoms with Gasteiger partial charge >= 0.3 is 0 Å². The Kier molecular flexibility index (Phi) is 6.30. The number of hydrogen-bond donors (Lipinski definition) is 1. The molecule has 2 aliphatic heterocycles. The molecule has 8 heteroatoms. The average Bonchev–Trinajstić information content (AvgIpc) is 3.43. The number of para-hydroxylation sites is 1. The predicted molar refractivity (Wildman–Crippen MR) is 148 cm³/mol. The van der Waals surface area contributed by atoms with E-state index in [2.05, 4.69) is 53.6 Å². The van der Waals surface area contributed by atoms with Crippen LogP contribution < -0.4 is 4.74 Å². The Hall–Kier alpha value is -3.65.